The number of carbonyl (C=O) groups is 1. The number of benzene rings is 3. The Hall–Kier alpha value is -3.54. The van der Waals surface area contributed by atoms with Gasteiger partial charge in [0.1, 0.15) is 12.3 Å². The van der Waals surface area contributed by atoms with E-state index in [9.17, 15) is 9.90 Å². The maximum Gasteiger partial charge on any atom is 0.246 e. The highest BCUT2D eigenvalue weighted by Crippen LogP contribution is 2.23. The van der Waals surface area contributed by atoms with Gasteiger partial charge in [0.15, 0.2) is 5.96 Å². The summed E-state index contributed by atoms with van der Waals surface area (Å²) in [6, 6.07) is 20.9. The molecule has 1 amide bonds. The van der Waals surface area contributed by atoms with Crippen LogP contribution < -0.4 is 16.0 Å². The van der Waals surface area contributed by atoms with Crippen LogP contribution in [0.4, 0.5) is 5.69 Å². The van der Waals surface area contributed by atoms with Crippen LogP contribution in [0.25, 0.3) is 10.8 Å². The lowest BCUT2D eigenvalue weighted by atomic mass is 10.00. The number of guanidine groups is 1. The third kappa shape index (κ3) is 5.48. The number of hydrogen-bond donors (Lipinski definition) is 4. The molecule has 3 aromatic rings. The number of amides is 1. The van der Waals surface area contributed by atoms with Crippen LogP contribution in [-0.4, -0.2) is 30.1 Å². The van der Waals surface area contributed by atoms with Crippen LogP contribution >= 0.6 is 0 Å². The normalized spacial score (nSPS) is 12.4. The Labute approximate surface area is 170 Å². The van der Waals surface area contributed by atoms with Gasteiger partial charge < -0.3 is 21.1 Å². The van der Waals surface area contributed by atoms with E-state index in [0.717, 1.165) is 0 Å². The van der Waals surface area contributed by atoms with E-state index in [1.807, 2.05) is 25.1 Å². The van der Waals surface area contributed by atoms with Crippen LogP contribution in [0, 0.1) is 0 Å². The topological polar surface area (TPSA) is 85.8 Å². The molecule has 6 heteroatoms. The van der Waals surface area contributed by atoms with Gasteiger partial charge in [-0.25, -0.2) is 4.99 Å². The first-order valence-electron chi connectivity index (χ1n) is 9.68. The van der Waals surface area contributed by atoms with Crippen LogP contribution in [-0.2, 0) is 4.79 Å². The zero-order chi connectivity index (χ0) is 20.6. The summed E-state index contributed by atoms with van der Waals surface area (Å²) in [5.41, 5.74) is 1.78. The van der Waals surface area contributed by atoms with E-state index in [4.69, 9.17) is 0 Å². The molecular formula is C23H26N4O2. The Morgan fingerprint density at radius 1 is 1.03 bits per heavy atom. The molecule has 0 aromatic heterocycles. The predicted octanol–water partition coefficient (Wildman–Crippen LogP) is 3.80. The van der Waals surface area contributed by atoms with E-state index >= 15 is 0 Å². The number of hydrogen-bond acceptors (Lipinski definition) is 3. The molecule has 0 radical (unpaired) electrons. The Morgan fingerprint density at radius 3 is 2.52 bits per heavy atom. The number of carbonyl (C=O) groups excluding carboxylic acids is 1. The fourth-order valence-electron chi connectivity index (χ4n) is 3.13. The highest BCUT2D eigenvalue weighted by Gasteiger charge is 2.11. The molecule has 4 N–H and O–H groups in total. The molecule has 0 aliphatic heterocycles. The van der Waals surface area contributed by atoms with Gasteiger partial charge in [-0.05, 0) is 54.4 Å². The Kier molecular flexibility index (Phi) is 6.68. The van der Waals surface area contributed by atoms with E-state index in [-0.39, 0.29) is 24.2 Å². The van der Waals surface area contributed by atoms with Crippen molar-refractivity contribution in [2.45, 2.75) is 19.9 Å². The minimum absolute atomic E-state index is 0.0130. The van der Waals surface area contributed by atoms with Crippen molar-refractivity contribution >= 4 is 28.3 Å². The SMILES string of the molecule is CCNC(=NCC(=O)Nc1ccc(O)cc1)NC(C)c1cccc2ccccc12. The van der Waals surface area contributed by atoms with Crippen LogP contribution in [0.3, 0.4) is 0 Å². The maximum absolute atomic E-state index is 12.2. The molecule has 0 aliphatic carbocycles. The van der Waals surface area contributed by atoms with Crippen LogP contribution in [0.15, 0.2) is 71.7 Å². The van der Waals surface area contributed by atoms with Gasteiger partial charge in [0.25, 0.3) is 0 Å². The third-order valence-corrected chi connectivity index (χ3v) is 4.52. The van der Waals surface area contributed by atoms with Crippen molar-refractivity contribution in [1.82, 2.24) is 10.6 Å². The number of aromatic hydroxyl groups is 1. The van der Waals surface area contributed by atoms with Gasteiger partial charge in [-0.2, -0.15) is 0 Å². The molecule has 29 heavy (non-hydrogen) atoms. The van der Waals surface area contributed by atoms with Crippen molar-refractivity contribution in [2.24, 2.45) is 4.99 Å². The van der Waals surface area contributed by atoms with Crippen molar-refractivity contribution in [3.63, 3.8) is 0 Å². The van der Waals surface area contributed by atoms with Crippen LogP contribution in [0.5, 0.6) is 5.75 Å². The van der Waals surface area contributed by atoms with Crippen molar-refractivity contribution < 1.29 is 9.90 Å². The second-order valence-corrected chi connectivity index (χ2v) is 6.72. The molecule has 0 saturated carbocycles. The summed E-state index contributed by atoms with van der Waals surface area (Å²) < 4.78 is 0. The first-order valence-corrected chi connectivity index (χ1v) is 9.68. The monoisotopic (exact) mass is 390 g/mol. The molecule has 1 atom stereocenters. The molecule has 0 bridgehead atoms. The van der Waals surface area contributed by atoms with Gasteiger partial charge >= 0.3 is 0 Å². The Balaban J connectivity index is 1.68. The predicted molar refractivity (Wildman–Crippen MR) is 118 cm³/mol. The van der Waals surface area contributed by atoms with Gasteiger partial charge in [0.2, 0.25) is 5.91 Å². The fraction of sp³-hybridized carbons (Fsp3) is 0.217. The Bertz CT molecular complexity index is 994. The summed E-state index contributed by atoms with van der Waals surface area (Å²) in [6.07, 6.45) is 0. The van der Waals surface area contributed by atoms with Gasteiger partial charge in [0, 0.05) is 12.2 Å². The van der Waals surface area contributed by atoms with Crippen molar-refractivity contribution in [2.75, 3.05) is 18.4 Å². The number of aliphatic imine (C=N–C) groups is 1. The zero-order valence-corrected chi connectivity index (χ0v) is 16.6. The molecule has 0 spiro atoms. The lowest BCUT2D eigenvalue weighted by Gasteiger charge is -2.19. The summed E-state index contributed by atoms with van der Waals surface area (Å²) in [6.45, 7) is 4.73. The molecular weight excluding hydrogens is 364 g/mol. The first kappa shape index (κ1) is 20.2. The summed E-state index contributed by atoms with van der Waals surface area (Å²) in [4.78, 5) is 16.6. The number of phenols is 1. The van der Waals surface area contributed by atoms with Gasteiger partial charge in [0.05, 0.1) is 6.04 Å². The van der Waals surface area contributed by atoms with Crippen molar-refractivity contribution in [3.8, 4) is 5.75 Å². The number of nitrogens with zero attached hydrogens (tertiary/aromatic N) is 1. The summed E-state index contributed by atoms with van der Waals surface area (Å²) in [7, 11) is 0. The van der Waals surface area contributed by atoms with E-state index in [1.165, 1.54) is 28.5 Å². The zero-order valence-electron chi connectivity index (χ0n) is 16.6. The van der Waals surface area contributed by atoms with Crippen LogP contribution in [0.2, 0.25) is 0 Å². The molecule has 0 aliphatic rings. The number of anilines is 1. The fourth-order valence-corrected chi connectivity index (χ4v) is 3.13. The first-order chi connectivity index (χ1) is 14.1. The molecule has 1 unspecified atom stereocenters. The summed E-state index contributed by atoms with van der Waals surface area (Å²) in [5, 5.41) is 21.0. The van der Waals surface area contributed by atoms with E-state index in [2.05, 4.69) is 52.1 Å². The summed E-state index contributed by atoms with van der Waals surface area (Å²) >= 11 is 0. The smallest absolute Gasteiger partial charge is 0.246 e. The van der Waals surface area contributed by atoms with E-state index < -0.39 is 0 Å². The number of rotatable bonds is 6. The average Bonchev–Trinajstić information content (AvgIpc) is 2.73. The van der Waals surface area contributed by atoms with Crippen LogP contribution in [0.1, 0.15) is 25.5 Å². The highest BCUT2D eigenvalue weighted by atomic mass is 16.3. The quantitative estimate of drug-likeness (QED) is 0.293. The minimum Gasteiger partial charge on any atom is -0.508 e. The lowest BCUT2D eigenvalue weighted by molar-refractivity contribution is -0.114. The van der Waals surface area contributed by atoms with E-state index in [0.29, 0.717) is 18.2 Å². The maximum atomic E-state index is 12.2. The van der Waals surface area contributed by atoms with E-state index in [1.54, 1.807) is 12.1 Å². The molecule has 3 aromatic carbocycles. The average molecular weight is 390 g/mol. The minimum atomic E-state index is -0.231. The molecule has 0 fully saturated rings. The largest absolute Gasteiger partial charge is 0.508 e. The Morgan fingerprint density at radius 2 is 1.76 bits per heavy atom. The second kappa shape index (κ2) is 9.59. The number of phenolic OH excluding ortho intramolecular Hbond substituents is 1. The van der Waals surface area contributed by atoms with Gasteiger partial charge in [-0.3, -0.25) is 4.79 Å². The number of fused-ring (bicyclic) bond motifs is 1. The highest BCUT2D eigenvalue weighted by molar-refractivity contribution is 5.94. The third-order valence-electron chi connectivity index (χ3n) is 4.52. The van der Waals surface area contributed by atoms with Crippen molar-refractivity contribution in [1.29, 1.82) is 0 Å². The summed E-state index contributed by atoms with van der Waals surface area (Å²) in [5.74, 6) is 0.501. The molecule has 0 saturated heterocycles. The second-order valence-electron chi connectivity index (χ2n) is 6.72. The standard InChI is InChI=1S/C23H26N4O2/c1-3-24-23(25-15-22(29)27-18-11-13-19(28)14-12-18)26-16(2)20-10-6-8-17-7-4-5-9-21(17)20/h4-14,16,28H,3,15H2,1-2H3,(H,27,29)(H2,24,25,26). The van der Waals surface area contributed by atoms with Crippen molar-refractivity contribution in [3.05, 3.63) is 72.3 Å². The van der Waals surface area contributed by atoms with Gasteiger partial charge in [-0.1, -0.05) is 42.5 Å². The lowest BCUT2D eigenvalue weighted by Crippen LogP contribution is -2.39. The molecule has 6 nitrogen and oxygen atoms in total. The van der Waals surface area contributed by atoms with Gasteiger partial charge in [-0.15, -0.1) is 0 Å². The number of nitrogens with one attached hydrogen (secondary N) is 3. The molecule has 150 valence electrons. The molecule has 0 heterocycles. The molecule has 3 rings (SSSR count).